The van der Waals surface area contributed by atoms with Crippen LogP contribution in [0.5, 0.6) is 23.0 Å². The molecular weight excluding hydrogens is 889 g/mol. The van der Waals surface area contributed by atoms with Gasteiger partial charge in [-0.05, 0) is 95.6 Å². The first kappa shape index (κ1) is 53.1. The lowest BCUT2D eigenvalue weighted by Gasteiger charge is -2.25. The summed E-state index contributed by atoms with van der Waals surface area (Å²) in [6.45, 7) is 34.3. The monoisotopic (exact) mass is 975 g/mol. The van der Waals surface area contributed by atoms with E-state index >= 15 is 0 Å². The Morgan fingerprint density at radius 2 is 0.583 bits per heavy atom. The highest BCUT2D eigenvalue weighted by atomic mass is 16.5. The molecule has 0 aliphatic rings. The number of hydrogen-bond acceptors (Lipinski definition) is 8. The molecule has 386 valence electrons. The smallest absolute Gasteiger partial charge is 0.163 e. The minimum atomic E-state index is -0.178. The van der Waals surface area contributed by atoms with Gasteiger partial charge in [0.05, 0.1) is 70.6 Å². The number of rotatable bonds is 24. The molecule has 0 aliphatic heterocycles. The Bertz CT molecular complexity index is 2750. The van der Waals surface area contributed by atoms with Crippen molar-refractivity contribution in [3.63, 3.8) is 0 Å². The second kappa shape index (κ2) is 22.5. The summed E-state index contributed by atoms with van der Waals surface area (Å²) in [6.07, 6.45) is 13.9. The Hall–Kier alpha value is -5.24. The average molecular weight is 975 g/mol. The predicted octanol–water partition coefficient (Wildman–Crippen LogP) is 18.2. The zero-order valence-corrected chi connectivity index (χ0v) is 46.7. The van der Waals surface area contributed by atoms with Crippen molar-refractivity contribution in [3.8, 4) is 23.0 Å². The Morgan fingerprint density at radius 3 is 0.778 bits per heavy atom. The summed E-state index contributed by atoms with van der Waals surface area (Å²) in [5.74, 6) is 4.60. The molecule has 72 heavy (non-hydrogen) atoms. The van der Waals surface area contributed by atoms with E-state index in [1.165, 1.54) is 62.5 Å². The Morgan fingerprint density at radius 1 is 0.361 bits per heavy atom. The number of unbranched alkanes of at least 4 members (excludes halogenated alkanes) is 4. The van der Waals surface area contributed by atoms with Crippen LogP contribution in [0, 0.1) is 23.7 Å². The highest BCUT2D eigenvalue weighted by Gasteiger charge is 2.28. The van der Waals surface area contributed by atoms with Crippen LogP contribution in [0.2, 0.25) is 0 Å². The third kappa shape index (κ3) is 11.6. The standard InChI is InChI=1S/C64H86N4O4/c1-15-19-23-39(5)35-69-53-31-49-50(32-54(53)70-36-40(6)24-20-16-2)66-60-46-28-44(64(12,13)14)30-48-58(46)57-45(59(60)65-49)27-43(63(9,10)11)29-47(57)61-62(48)68-52-34-56(72-38-42(8)26-22-18-4)55(33-51(52)67-61)71-37-41(7)25-21-17-3/h27-34,39-42H,15-26,35-38H2,1-14H3. The van der Waals surface area contributed by atoms with Crippen molar-refractivity contribution in [3.05, 3.63) is 59.7 Å². The van der Waals surface area contributed by atoms with Crippen molar-refractivity contribution in [2.24, 2.45) is 23.7 Å². The number of nitrogens with zero attached hydrogens (tertiary/aromatic N) is 4. The quantitative estimate of drug-likeness (QED) is 0.0437. The van der Waals surface area contributed by atoms with Crippen molar-refractivity contribution in [2.75, 3.05) is 26.4 Å². The van der Waals surface area contributed by atoms with Gasteiger partial charge in [0, 0.05) is 56.6 Å². The predicted molar refractivity (Wildman–Crippen MR) is 305 cm³/mol. The Kier molecular flexibility index (Phi) is 16.6. The summed E-state index contributed by atoms with van der Waals surface area (Å²) in [6, 6.07) is 17.8. The first-order valence-electron chi connectivity index (χ1n) is 28.0. The molecule has 0 spiro atoms. The average Bonchev–Trinajstić information content (AvgIpc) is 3.35. The molecule has 0 amide bonds. The summed E-state index contributed by atoms with van der Waals surface area (Å²) < 4.78 is 26.8. The molecule has 0 aliphatic carbocycles. The molecule has 8 nitrogen and oxygen atoms in total. The van der Waals surface area contributed by atoms with Gasteiger partial charge in [-0.3, -0.25) is 0 Å². The van der Waals surface area contributed by atoms with Crippen LogP contribution in [0.1, 0.15) is 185 Å². The highest BCUT2D eigenvalue weighted by molar-refractivity contribution is 6.39. The van der Waals surface area contributed by atoms with Crippen molar-refractivity contribution in [1.82, 2.24) is 19.9 Å². The molecule has 4 unspecified atom stereocenters. The largest absolute Gasteiger partial charge is 0.489 e. The fraction of sp³-hybridized carbons (Fsp3) is 0.562. The van der Waals surface area contributed by atoms with Gasteiger partial charge in [0.1, 0.15) is 0 Å². The van der Waals surface area contributed by atoms with Crippen molar-refractivity contribution < 1.29 is 18.9 Å². The van der Waals surface area contributed by atoms with E-state index in [-0.39, 0.29) is 10.8 Å². The molecule has 8 aromatic rings. The van der Waals surface area contributed by atoms with Gasteiger partial charge >= 0.3 is 0 Å². The van der Waals surface area contributed by atoms with E-state index in [4.69, 9.17) is 38.9 Å². The summed E-state index contributed by atoms with van der Waals surface area (Å²) in [7, 11) is 0. The Labute approximate surface area is 431 Å². The van der Waals surface area contributed by atoms with E-state index in [0.29, 0.717) is 50.1 Å². The second-order valence-corrected chi connectivity index (χ2v) is 24.0. The van der Waals surface area contributed by atoms with Gasteiger partial charge in [-0.15, -0.1) is 0 Å². The van der Waals surface area contributed by atoms with Gasteiger partial charge in [-0.2, -0.15) is 0 Å². The summed E-state index contributed by atoms with van der Waals surface area (Å²) >= 11 is 0. The molecule has 0 saturated carbocycles. The molecule has 0 fully saturated rings. The summed E-state index contributed by atoms with van der Waals surface area (Å²) in [5.41, 5.74) is 8.70. The maximum absolute atomic E-state index is 6.69. The summed E-state index contributed by atoms with van der Waals surface area (Å²) in [5, 5.41) is 6.55. The molecule has 2 aromatic heterocycles. The molecule has 0 bridgehead atoms. The number of fused-ring (bicyclic) bond motifs is 8. The fourth-order valence-electron chi connectivity index (χ4n) is 10.2. The van der Waals surface area contributed by atoms with Crippen molar-refractivity contribution >= 4 is 76.5 Å². The van der Waals surface area contributed by atoms with Gasteiger partial charge in [-0.1, -0.05) is 148 Å². The molecule has 8 rings (SSSR count). The van der Waals surface area contributed by atoms with Crippen LogP contribution in [0.4, 0.5) is 0 Å². The first-order valence-corrected chi connectivity index (χ1v) is 28.0. The maximum Gasteiger partial charge on any atom is 0.163 e. The van der Waals surface area contributed by atoms with Crippen LogP contribution >= 0.6 is 0 Å². The second-order valence-electron chi connectivity index (χ2n) is 24.0. The van der Waals surface area contributed by atoms with E-state index in [2.05, 4.69) is 145 Å². The zero-order valence-electron chi connectivity index (χ0n) is 46.7. The highest BCUT2D eigenvalue weighted by Crippen LogP contribution is 2.48. The van der Waals surface area contributed by atoms with Gasteiger partial charge < -0.3 is 18.9 Å². The lowest BCUT2D eigenvalue weighted by molar-refractivity contribution is 0.213. The maximum atomic E-state index is 6.69. The number of aromatic nitrogens is 4. The van der Waals surface area contributed by atoms with Crippen LogP contribution < -0.4 is 18.9 Å². The van der Waals surface area contributed by atoms with E-state index in [1.807, 2.05) is 0 Å². The van der Waals surface area contributed by atoms with Crippen LogP contribution in [0.3, 0.4) is 0 Å². The third-order valence-corrected chi connectivity index (χ3v) is 15.0. The molecule has 6 aromatic carbocycles. The number of benzene rings is 6. The van der Waals surface area contributed by atoms with Gasteiger partial charge in [0.2, 0.25) is 0 Å². The van der Waals surface area contributed by atoms with E-state index < -0.39 is 0 Å². The van der Waals surface area contributed by atoms with Gasteiger partial charge in [-0.25, -0.2) is 19.9 Å². The SMILES string of the molecule is CCCCC(C)COc1cc2nc3c4cc(C(C)(C)C)cc5c6nc7cc(OCC(C)CCCC)c(OCC(C)CCCC)cc7nc6c6cc(C(C)(C)C)cc(c3nc2cc1OCC(C)CCCC)c6c45. The van der Waals surface area contributed by atoms with E-state index in [1.54, 1.807) is 0 Å². The molecule has 0 saturated heterocycles. The molecule has 4 atom stereocenters. The minimum Gasteiger partial charge on any atom is -0.489 e. The van der Waals surface area contributed by atoms with E-state index in [0.717, 1.165) is 125 Å². The van der Waals surface area contributed by atoms with Gasteiger partial charge in [0.15, 0.2) is 23.0 Å². The van der Waals surface area contributed by atoms with Crippen LogP contribution in [0.15, 0.2) is 48.5 Å². The van der Waals surface area contributed by atoms with Crippen molar-refractivity contribution in [2.45, 2.75) is 185 Å². The minimum absolute atomic E-state index is 0.178. The number of ether oxygens (including phenoxy) is 4. The molecule has 2 heterocycles. The number of hydrogen-bond donors (Lipinski definition) is 0. The van der Waals surface area contributed by atoms with Gasteiger partial charge in [0.25, 0.3) is 0 Å². The Balaban J connectivity index is 1.41. The van der Waals surface area contributed by atoms with Crippen LogP contribution in [-0.2, 0) is 10.8 Å². The molecule has 8 heteroatoms. The molecule has 0 radical (unpaired) electrons. The fourth-order valence-corrected chi connectivity index (χ4v) is 10.2. The van der Waals surface area contributed by atoms with Crippen molar-refractivity contribution in [1.29, 1.82) is 0 Å². The molecular formula is C64H86N4O4. The van der Waals surface area contributed by atoms with E-state index in [9.17, 15) is 0 Å². The topological polar surface area (TPSA) is 88.5 Å². The normalized spacial score (nSPS) is 14.4. The summed E-state index contributed by atoms with van der Waals surface area (Å²) in [4.78, 5) is 22.6. The lowest BCUT2D eigenvalue weighted by atomic mass is 9.80. The van der Waals surface area contributed by atoms with Crippen LogP contribution in [0.25, 0.3) is 76.5 Å². The third-order valence-electron chi connectivity index (χ3n) is 15.0. The molecule has 0 N–H and O–H groups in total. The van der Waals surface area contributed by atoms with Crippen LogP contribution in [-0.4, -0.2) is 46.4 Å². The zero-order chi connectivity index (χ0) is 51.5. The lowest BCUT2D eigenvalue weighted by Crippen LogP contribution is -2.13. The first-order chi connectivity index (χ1) is 34.4.